The van der Waals surface area contributed by atoms with Gasteiger partial charge in [0.1, 0.15) is 17.6 Å². The molecule has 9 rings (SSSR count). The highest BCUT2D eigenvalue weighted by Crippen LogP contribution is 2.62. The van der Waals surface area contributed by atoms with E-state index in [0.717, 1.165) is 95.2 Å². The highest BCUT2D eigenvalue weighted by atomic mass is 19.1. The van der Waals surface area contributed by atoms with Gasteiger partial charge in [0.2, 0.25) is 17.7 Å². The topological polar surface area (TPSA) is 126 Å². The maximum atomic E-state index is 16.2. The second kappa shape index (κ2) is 15.2. The Kier molecular flexibility index (Phi) is 10.0. The number of rotatable bonds is 9. The van der Waals surface area contributed by atoms with Crippen LogP contribution in [0, 0.1) is 23.0 Å². The fraction of sp³-hybridized carbons (Fsp3) is 0.500. The lowest BCUT2D eigenvalue weighted by molar-refractivity contribution is -0.140. The fourth-order valence-electron chi connectivity index (χ4n) is 10.5. The van der Waals surface area contributed by atoms with Crippen molar-refractivity contribution in [1.82, 2.24) is 15.1 Å². The molecule has 0 aromatic heterocycles. The summed E-state index contributed by atoms with van der Waals surface area (Å²) in [4.78, 5) is 60.9. The molecule has 1 saturated carbocycles. The number of methoxy groups -OCH3 is 1. The van der Waals surface area contributed by atoms with Crippen LogP contribution in [-0.4, -0.2) is 97.5 Å². The summed E-state index contributed by atoms with van der Waals surface area (Å²) < 4.78 is 36.5. The molecule has 1 aliphatic carbocycles. The van der Waals surface area contributed by atoms with Crippen LogP contribution in [-0.2, 0) is 20.9 Å². The SMILES string of the molecule is COc1cc(N2CCC(CCN3CCN(c4ccc5c(c4)CN([C@H]4CCC(=O)NC4=O)C5=O)CC3)CC2)c(F)cc1[C@@H]1N(c2cccc(F)c2O)C(=O)C12CCCC2. The molecule has 6 aliphatic rings. The lowest BCUT2D eigenvalue weighted by atomic mass is 9.66. The Hall–Kier alpha value is -5.24. The Labute approximate surface area is 336 Å². The highest BCUT2D eigenvalue weighted by Gasteiger charge is 2.63. The number of piperazine rings is 1. The number of carbonyl (C=O) groups is 4. The first kappa shape index (κ1) is 38.3. The molecule has 4 amide bonds. The van der Waals surface area contributed by atoms with Gasteiger partial charge < -0.3 is 24.5 Å². The molecule has 3 aromatic carbocycles. The number of nitrogens with zero attached hydrogens (tertiary/aromatic N) is 5. The van der Waals surface area contributed by atoms with Gasteiger partial charge in [0.15, 0.2) is 11.6 Å². The molecule has 0 bridgehead atoms. The number of nitrogens with one attached hydrogen (secondary N) is 1. The maximum Gasteiger partial charge on any atom is 0.255 e. The number of β-lactam (4-membered cyclic amide) rings is 1. The number of ether oxygens (including phenoxy) is 1. The number of hydrogen-bond donors (Lipinski definition) is 2. The molecule has 1 spiro atoms. The molecule has 2 N–H and O–H groups in total. The Balaban J connectivity index is 0.790. The minimum Gasteiger partial charge on any atom is -0.503 e. The largest absolute Gasteiger partial charge is 0.503 e. The van der Waals surface area contributed by atoms with Crippen LogP contribution in [0.3, 0.4) is 0 Å². The van der Waals surface area contributed by atoms with Crippen LogP contribution in [0.2, 0.25) is 0 Å². The van der Waals surface area contributed by atoms with Crippen molar-refractivity contribution in [2.45, 2.75) is 76.4 Å². The van der Waals surface area contributed by atoms with Crippen molar-refractivity contribution in [2.24, 2.45) is 11.3 Å². The molecule has 3 aromatic rings. The molecule has 5 heterocycles. The molecule has 4 saturated heterocycles. The Morgan fingerprint density at radius 3 is 2.34 bits per heavy atom. The lowest BCUT2D eigenvalue weighted by Crippen LogP contribution is -2.62. The zero-order valence-electron chi connectivity index (χ0n) is 32.9. The third-order valence-corrected chi connectivity index (χ3v) is 13.8. The molecule has 12 nitrogen and oxygen atoms in total. The second-order valence-electron chi connectivity index (χ2n) is 16.9. The summed E-state index contributed by atoms with van der Waals surface area (Å²) in [7, 11) is 1.55. The van der Waals surface area contributed by atoms with Crippen LogP contribution in [0.5, 0.6) is 11.5 Å². The number of aromatic hydroxyl groups is 1. The predicted molar refractivity (Wildman–Crippen MR) is 213 cm³/mol. The van der Waals surface area contributed by atoms with E-state index in [-0.39, 0.29) is 35.6 Å². The normalized spacial score (nSPS) is 23.8. The van der Waals surface area contributed by atoms with Gasteiger partial charge in [-0.25, -0.2) is 8.78 Å². The number of benzene rings is 3. The number of anilines is 3. The van der Waals surface area contributed by atoms with Crippen molar-refractivity contribution >= 4 is 40.7 Å². The molecule has 58 heavy (non-hydrogen) atoms. The Bertz CT molecular complexity index is 2140. The van der Waals surface area contributed by atoms with Gasteiger partial charge in [-0.15, -0.1) is 0 Å². The van der Waals surface area contributed by atoms with Gasteiger partial charge in [0.05, 0.1) is 29.9 Å². The quantitative estimate of drug-likeness (QED) is 0.213. The minimum absolute atomic E-state index is 0.0856. The standard InChI is InChI=1S/C44H50F2N6O6/c1-58-37-25-36(33(46)24-31(37)40-44(14-2-3-15-44)43(57)52(40)34-6-4-5-32(45)39(34)54)50-17-12-27(13-18-50)11-16-48-19-21-49(22-20-48)29-7-8-30-28(23-29)26-51(42(30)56)35-9-10-38(53)47-41(35)55/h4-8,23-25,27,35,40,54H,2-3,9-22,26H2,1H3,(H,47,53,55)/t35-,40-/m0/s1. The van der Waals surface area contributed by atoms with Crippen LogP contribution in [0.4, 0.5) is 25.8 Å². The molecular formula is C44H50F2N6O6. The first-order chi connectivity index (χ1) is 28.1. The van der Waals surface area contributed by atoms with Gasteiger partial charge >= 0.3 is 0 Å². The third-order valence-electron chi connectivity index (χ3n) is 13.8. The van der Waals surface area contributed by atoms with Gasteiger partial charge in [-0.1, -0.05) is 18.9 Å². The number of phenolic OH excluding ortho intramolecular Hbond substituents is 1. The van der Waals surface area contributed by atoms with Crippen molar-refractivity contribution in [3.8, 4) is 11.5 Å². The van der Waals surface area contributed by atoms with Crippen LogP contribution in [0.1, 0.15) is 85.3 Å². The van der Waals surface area contributed by atoms with Crippen LogP contribution in [0.15, 0.2) is 48.5 Å². The number of hydrogen-bond acceptors (Lipinski definition) is 9. The number of carbonyl (C=O) groups excluding carboxylic acids is 4. The third kappa shape index (κ3) is 6.53. The van der Waals surface area contributed by atoms with Gasteiger partial charge in [0.25, 0.3) is 5.91 Å². The summed E-state index contributed by atoms with van der Waals surface area (Å²) in [6, 6.07) is 12.1. The number of imide groups is 1. The van der Waals surface area contributed by atoms with Gasteiger partial charge in [-0.05, 0) is 92.9 Å². The van der Waals surface area contributed by atoms with E-state index in [1.54, 1.807) is 18.1 Å². The van der Waals surface area contributed by atoms with Crippen molar-refractivity contribution < 1.29 is 37.8 Å². The summed E-state index contributed by atoms with van der Waals surface area (Å²) in [5.41, 5.74) is 2.96. The average Bonchev–Trinajstić information content (AvgIpc) is 3.87. The zero-order valence-corrected chi connectivity index (χ0v) is 32.9. The fourth-order valence-corrected chi connectivity index (χ4v) is 10.5. The summed E-state index contributed by atoms with van der Waals surface area (Å²) in [5.74, 6) is -1.82. The smallest absolute Gasteiger partial charge is 0.255 e. The number of para-hydroxylation sites is 1. The van der Waals surface area contributed by atoms with Crippen molar-refractivity contribution in [2.75, 3.05) is 67.6 Å². The Morgan fingerprint density at radius 1 is 0.862 bits per heavy atom. The summed E-state index contributed by atoms with van der Waals surface area (Å²) in [6.45, 7) is 6.40. The van der Waals surface area contributed by atoms with E-state index in [4.69, 9.17) is 4.74 Å². The van der Waals surface area contributed by atoms with Gasteiger partial charge in [-0.2, -0.15) is 0 Å². The Morgan fingerprint density at radius 2 is 1.62 bits per heavy atom. The maximum absolute atomic E-state index is 16.2. The number of piperidine rings is 2. The van der Waals surface area contributed by atoms with E-state index < -0.39 is 35.0 Å². The van der Waals surface area contributed by atoms with Crippen molar-refractivity contribution in [3.05, 3.63) is 76.9 Å². The molecule has 2 atom stereocenters. The molecule has 5 fully saturated rings. The van der Waals surface area contributed by atoms with E-state index in [1.807, 2.05) is 12.1 Å². The summed E-state index contributed by atoms with van der Waals surface area (Å²) in [6.07, 6.45) is 6.56. The second-order valence-corrected chi connectivity index (χ2v) is 16.9. The predicted octanol–water partition coefficient (Wildman–Crippen LogP) is 5.52. The van der Waals surface area contributed by atoms with E-state index in [1.165, 1.54) is 23.1 Å². The van der Waals surface area contributed by atoms with Gasteiger partial charge in [0, 0.05) is 75.1 Å². The number of phenols is 1. The van der Waals surface area contributed by atoms with Crippen LogP contribution in [0.25, 0.3) is 0 Å². The van der Waals surface area contributed by atoms with E-state index >= 15 is 4.39 Å². The first-order valence-corrected chi connectivity index (χ1v) is 20.7. The van der Waals surface area contributed by atoms with Crippen LogP contribution < -0.4 is 24.8 Å². The minimum atomic E-state index is -0.814. The highest BCUT2D eigenvalue weighted by molar-refractivity contribution is 6.08. The molecule has 14 heteroatoms. The van der Waals surface area contributed by atoms with Crippen molar-refractivity contribution in [3.63, 3.8) is 0 Å². The number of fused-ring (bicyclic) bond motifs is 1. The van der Waals surface area contributed by atoms with Crippen molar-refractivity contribution in [1.29, 1.82) is 0 Å². The van der Waals surface area contributed by atoms with E-state index in [2.05, 4.69) is 26.1 Å². The molecule has 0 radical (unpaired) electrons. The number of halogens is 2. The van der Waals surface area contributed by atoms with E-state index in [9.17, 15) is 28.7 Å². The zero-order chi connectivity index (χ0) is 40.3. The van der Waals surface area contributed by atoms with E-state index in [0.29, 0.717) is 54.3 Å². The summed E-state index contributed by atoms with van der Waals surface area (Å²) in [5, 5.41) is 13.0. The lowest BCUT2D eigenvalue weighted by Gasteiger charge is -2.55. The monoisotopic (exact) mass is 796 g/mol. The first-order valence-electron chi connectivity index (χ1n) is 20.7. The molecule has 306 valence electrons. The summed E-state index contributed by atoms with van der Waals surface area (Å²) >= 11 is 0. The average molecular weight is 797 g/mol. The van der Waals surface area contributed by atoms with Crippen LogP contribution >= 0.6 is 0 Å². The van der Waals surface area contributed by atoms with Gasteiger partial charge in [-0.3, -0.25) is 34.3 Å². The molecule has 5 aliphatic heterocycles. The molecule has 0 unspecified atom stereocenters. The number of amides is 4. The molecular weight excluding hydrogens is 747 g/mol.